The molecule has 0 radical (unpaired) electrons. The molecule has 1 aliphatic heterocycles. The van der Waals surface area contributed by atoms with Gasteiger partial charge in [0.2, 0.25) is 0 Å². The highest BCUT2D eigenvalue weighted by Crippen LogP contribution is 2.27. The smallest absolute Gasteiger partial charge is 0.0595 e. The van der Waals surface area contributed by atoms with Crippen LogP contribution in [0.4, 0.5) is 0 Å². The summed E-state index contributed by atoms with van der Waals surface area (Å²) in [5, 5.41) is 1.39. The number of benzene rings is 1. The molecule has 2 unspecified atom stereocenters. The van der Waals surface area contributed by atoms with Gasteiger partial charge in [0.25, 0.3) is 0 Å². The number of alkyl halides is 1. The number of ether oxygens (including phenoxy) is 1. The lowest BCUT2D eigenvalue weighted by Crippen LogP contribution is -2.29. The van der Waals surface area contributed by atoms with E-state index >= 15 is 0 Å². The van der Waals surface area contributed by atoms with Gasteiger partial charge in [0.15, 0.2) is 0 Å². The zero-order valence-corrected chi connectivity index (χ0v) is 11.0. The summed E-state index contributed by atoms with van der Waals surface area (Å²) in [6.07, 6.45) is 1.82. The van der Waals surface area contributed by atoms with Gasteiger partial charge in [-0.05, 0) is 30.5 Å². The predicted molar refractivity (Wildman–Crippen MR) is 68.7 cm³/mol. The lowest BCUT2D eigenvalue weighted by molar-refractivity contribution is 0.0578. The summed E-state index contributed by atoms with van der Waals surface area (Å²) in [4.78, 5) is 0. The minimum Gasteiger partial charge on any atom is -0.381 e. The molecule has 1 fully saturated rings. The van der Waals surface area contributed by atoms with Crippen molar-refractivity contribution in [3.05, 3.63) is 33.8 Å². The molecule has 2 atom stereocenters. The van der Waals surface area contributed by atoms with Crippen LogP contribution < -0.4 is 0 Å². The van der Waals surface area contributed by atoms with Crippen LogP contribution in [0.5, 0.6) is 0 Å². The maximum Gasteiger partial charge on any atom is 0.0595 e. The van der Waals surface area contributed by atoms with Gasteiger partial charge in [-0.3, -0.25) is 0 Å². The summed E-state index contributed by atoms with van der Waals surface area (Å²) in [6, 6.07) is 5.72. The third-order valence-corrected chi connectivity index (χ3v) is 4.18. The summed E-state index contributed by atoms with van der Waals surface area (Å²) >= 11 is 18.1. The fraction of sp³-hybridized carbons (Fsp3) is 0.500. The van der Waals surface area contributed by atoms with Crippen molar-refractivity contribution in [3.8, 4) is 0 Å². The molecule has 1 heterocycles. The second-order valence-corrected chi connectivity index (χ2v) is 5.47. The molecule has 0 aliphatic carbocycles. The molecule has 1 aromatic rings. The topological polar surface area (TPSA) is 9.23 Å². The van der Waals surface area contributed by atoms with Gasteiger partial charge in [-0.25, -0.2) is 0 Å². The van der Waals surface area contributed by atoms with E-state index in [-0.39, 0.29) is 5.38 Å². The van der Waals surface area contributed by atoms with Crippen LogP contribution >= 0.6 is 34.8 Å². The highest BCUT2D eigenvalue weighted by Gasteiger charge is 2.24. The number of rotatable bonds is 2. The zero-order valence-electron chi connectivity index (χ0n) is 8.76. The average molecular weight is 280 g/mol. The summed E-state index contributed by atoms with van der Waals surface area (Å²) < 4.78 is 5.44. The van der Waals surface area contributed by atoms with E-state index in [9.17, 15) is 0 Å². The van der Waals surface area contributed by atoms with Crippen LogP contribution in [0.1, 0.15) is 12.0 Å². The van der Waals surface area contributed by atoms with Gasteiger partial charge in [-0.2, -0.15) is 0 Å². The van der Waals surface area contributed by atoms with E-state index in [0.717, 1.165) is 31.6 Å². The molecule has 16 heavy (non-hydrogen) atoms. The predicted octanol–water partition coefficient (Wildman–Crippen LogP) is 4.18. The van der Waals surface area contributed by atoms with E-state index in [1.165, 1.54) is 0 Å². The van der Waals surface area contributed by atoms with E-state index in [4.69, 9.17) is 39.5 Å². The van der Waals surface area contributed by atoms with Crippen LogP contribution in [0.25, 0.3) is 0 Å². The Balaban J connectivity index is 2.05. The molecule has 0 N–H and O–H groups in total. The second kappa shape index (κ2) is 5.59. The Kier molecular flexibility index (Phi) is 4.37. The molecule has 0 bridgehead atoms. The van der Waals surface area contributed by atoms with E-state index in [2.05, 4.69) is 0 Å². The Labute approximate surface area is 111 Å². The highest BCUT2D eigenvalue weighted by molar-refractivity contribution is 6.42. The van der Waals surface area contributed by atoms with Crippen LogP contribution in [-0.4, -0.2) is 18.6 Å². The van der Waals surface area contributed by atoms with Gasteiger partial charge >= 0.3 is 0 Å². The first-order valence-corrected chi connectivity index (χ1v) is 6.52. The Morgan fingerprint density at radius 2 is 2.06 bits per heavy atom. The molecule has 4 heteroatoms. The molecular formula is C12H13Cl3O. The molecule has 1 saturated heterocycles. The first kappa shape index (κ1) is 12.5. The van der Waals surface area contributed by atoms with Gasteiger partial charge in [0, 0.05) is 17.9 Å². The first-order chi connectivity index (χ1) is 7.66. The number of hydrogen-bond donors (Lipinski definition) is 0. The van der Waals surface area contributed by atoms with Gasteiger partial charge in [0.05, 0.1) is 16.7 Å². The number of hydrogen-bond acceptors (Lipinski definition) is 1. The summed E-state index contributed by atoms with van der Waals surface area (Å²) in [5.74, 6) is 0.368. The van der Waals surface area contributed by atoms with Crippen molar-refractivity contribution in [2.75, 3.05) is 13.2 Å². The SMILES string of the molecule is Clc1ccc(CC2COCCC2Cl)cc1Cl. The van der Waals surface area contributed by atoms with Crippen LogP contribution in [0, 0.1) is 5.92 Å². The van der Waals surface area contributed by atoms with Gasteiger partial charge in [-0.1, -0.05) is 29.3 Å². The second-order valence-electron chi connectivity index (χ2n) is 4.09. The summed E-state index contributed by atoms with van der Waals surface area (Å²) in [7, 11) is 0. The minimum absolute atomic E-state index is 0.197. The molecule has 2 rings (SSSR count). The Morgan fingerprint density at radius 1 is 1.25 bits per heavy atom. The minimum atomic E-state index is 0.197. The normalized spacial score (nSPS) is 25.7. The third kappa shape index (κ3) is 3.04. The van der Waals surface area contributed by atoms with Crippen LogP contribution in [0.15, 0.2) is 18.2 Å². The highest BCUT2D eigenvalue weighted by atomic mass is 35.5. The first-order valence-electron chi connectivity index (χ1n) is 5.32. The molecule has 1 aliphatic rings. The van der Waals surface area contributed by atoms with Crippen LogP contribution in [0.2, 0.25) is 10.0 Å². The quantitative estimate of drug-likeness (QED) is 0.738. The third-order valence-electron chi connectivity index (χ3n) is 2.86. The van der Waals surface area contributed by atoms with E-state index in [1.54, 1.807) is 0 Å². The van der Waals surface area contributed by atoms with Gasteiger partial charge in [0.1, 0.15) is 0 Å². The van der Waals surface area contributed by atoms with Gasteiger partial charge in [-0.15, -0.1) is 11.6 Å². The Bertz CT molecular complexity index is 367. The summed E-state index contributed by atoms with van der Waals surface area (Å²) in [6.45, 7) is 1.50. The van der Waals surface area contributed by atoms with Crippen molar-refractivity contribution in [2.24, 2.45) is 5.92 Å². The molecule has 0 saturated carbocycles. The maximum atomic E-state index is 6.26. The molecule has 88 valence electrons. The van der Waals surface area contributed by atoms with Crippen LogP contribution in [-0.2, 0) is 11.2 Å². The van der Waals surface area contributed by atoms with Gasteiger partial charge < -0.3 is 4.74 Å². The largest absolute Gasteiger partial charge is 0.381 e. The lowest BCUT2D eigenvalue weighted by atomic mass is 9.94. The van der Waals surface area contributed by atoms with Crippen molar-refractivity contribution in [1.29, 1.82) is 0 Å². The maximum absolute atomic E-state index is 6.26. The fourth-order valence-corrected chi connectivity index (χ4v) is 2.50. The zero-order chi connectivity index (χ0) is 11.5. The van der Waals surface area contributed by atoms with Crippen molar-refractivity contribution in [3.63, 3.8) is 0 Å². The van der Waals surface area contributed by atoms with E-state index in [0.29, 0.717) is 16.0 Å². The lowest BCUT2D eigenvalue weighted by Gasteiger charge is -2.27. The van der Waals surface area contributed by atoms with Crippen molar-refractivity contribution in [1.82, 2.24) is 0 Å². The van der Waals surface area contributed by atoms with E-state index in [1.807, 2.05) is 18.2 Å². The molecule has 1 aromatic carbocycles. The fourth-order valence-electron chi connectivity index (χ4n) is 1.93. The summed E-state index contributed by atoms with van der Waals surface area (Å²) in [5.41, 5.74) is 1.16. The average Bonchev–Trinajstić information content (AvgIpc) is 2.27. The Hall–Kier alpha value is 0.0500. The van der Waals surface area contributed by atoms with Crippen molar-refractivity contribution < 1.29 is 4.74 Å². The van der Waals surface area contributed by atoms with Crippen molar-refractivity contribution in [2.45, 2.75) is 18.2 Å². The van der Waals surface area contributed by atoms with Crippen LogP contribution in [0.3, 0.4) is 0 Å². The molecule has 0 spiro atoms. The Morgan fingerprint density at radius 3 is 2.75 bits per heavy atom. The molecule has 0 amide bonds. The number of halogens is 3. The molecule has 1 nitrogen and oxygen atoms in total. The standard InChI is InChI=1S/C12H13Cl3O/c13-10-3-4-16-7-9(10)5-8-1-2-11(14)12(15)6-8/h1-2,6,9-10H,3-5,7H2. The molecule has 0 aromatic heterocycles. The van der Waals surface area contributed by atoms with Crippen molar-refractivity contribution >= 4 is 34.8 Å². The molecular weight excluding hydrogens is 266 g/mol. The van der Waals surface area contributed by atoms with E-state index < -0.39 is 0 Å². The monoisotopic (exact) mass is 278 g/mol.